The quantitative estimate of drug-likeness (QED) is 0.807. The first-order valence-corrected chi connectivity index (χ1v) is 8.93. The SMILES string of the molecule is CSc1cccc(F)c1C(=O)N1CC[C@H](C)[C@@H](n2ccnc2)C1. The zero-order valence-electron chi connectivity index (χ0n) is 13.3. The third-order valence-corrected chi connectivity index (χ3v) is 5.30. The molecule has 6 heteroatoms. The van der Waals surface area contributed by atoms with Gasteiger partial charge in [0.25, 0.3) is 5.91 Å². The van der Waals surface area contributed by atoms with Crippen LogP contribution in [-0.2, 0) is 0 Å². The summed E-state index contributed by atoms with van der Waals surface area (Å²) in [4.78, 5) is 19.4. The maximum Gasteiger partial charge on any atom is 0.258 e. The van der Waals surface area contributed by atoms with E-state index in [0.29, 0.717) is 23.9 Å². The first-order chi connectivity index (χ1) is 11.1. The zero-order chi connectivity index (χ0) is 16.4. The fourth-order valence-electron chi connectivity index (χ4n) is 3.13. The van der Waals surface area contributed by atoms with E-state index in [0.717, 1.165) is 6.42 Å². The van der Waals surface area contributed by atoms with Gasteiger partial charge in [-0.3, -0.25) is 4.79 Å². The van der Waals surface area contributed by atoms with E-state index in [4.69, 9.17) is 0 Å². The Morgan fingerprint density at radius 3 is 2.96 bits per heavy atom. The predicted molar refractivity (Wildman–Crippen MR) is 89.1 cm³/mol. The average molecular weight is 333 g/mol. The molecule has 1 aliphatic heterocycles. The number of amides is 1. The van der Waals surface area contributed by atoms with E-state index in [1.54, 1.807) is 29.6 Å². The van der Waals surface area contributed by atoms with Gasteiger partial charge in [-0.25, -0.2) is 9.37 Å². The predicted octanol–water partition coefficient (Wildman–Crippen LogP) is 3.47. The van der Waals surface area contributed by atoms with Gasteiger partial charge in [0.2, 0.25) is 0 Å². The standard InChI is InChI=1S/C17H20FN3OS/c1-12-6-8-20(10-14(12)21-9-7-19-11-21)17(22)16-13(18)4-3-5-15(16)23-2/h3-5,7,9,11-12,14H,6,8,10H2,1-2H3/t12-,14-/m0/s1. The number of halogens is 1. The lowest BCUT2D eigenvalue weighted by molar-refractivity contribution is 0.0613. The first kappa shape index (κ1) is 16.1. The van der Waals surface area contributed by atoms with Crippen LogP contribution in [0.25, 0.3) is 0 Å². The van der Waals surface area contributed by atoms with E-state index in [1.807, 2.05) is 17.0 Å². The van der Waals surface area contributed by atoms with Crippen LogP contribution >= 0.6 is 11.8 Å². The molecule has 1 saturated heterocycles. The lowest BCUT2D eigenvalue weighted by Crippen LogP contribution is -2.44. The Hall–Kier alpha value is -1.82. The van der Waals surface area contributed by atoms with Crippen LogP contribution in [0.2, 0.25) is 0 Å². The first-order valence-electron chi connectivity index (χ1n) is 7.71. The molecule has 0 aliphatic carbocycles. The number of benzene rings is 1. The van der Waals surface area contributed by atoms with Crippen LogP contribution in [0.5, 0.6) is 0 Å². The Morgan fingerprint density at radius 1 is 1.43 bits per heavy atom. The van der Waals surface area contributed by atoms with Crippen molar-refractivity contribution in [3.63, 3.8) is 0 Å². The van der Waals surface area contributed by atoms with Gasteiger partial charge in [-0.2, -0.15) is 0 Å². The Labute approximate surface area is 139 Å². The molecule has 3 rings (SSSR count). The molecule has 2 aromatic rings. The second-order valence-corrected chi connectivity index (χ2v) is 6.76. The highest BCUT2D eigenvalue weighted by Crippen LogP contribution is 2.30. The molecule has 0 saturated carbocycles. The highest BCUT2D eigenvalue weighted by molar-refractivity contribution is 7.98. The molecule has 1 amide bonds. The largest absolute Gasteiger partial charge is 0.336 e. The van der Waals surface area contributed by atoms with Gasteiger partial charge in [0, 0.05) is 30.4 Å². The van der Waals surface area contributed by atoms with Crippen LogP contribution in [0.15, 0.2) is 41.8 Å². The van der Waals surface area contributed by atoms with Crippen molar-refractivity contribution in [2.45, 2.75) is 24.3 Å². The molecular formula is C17H20FN3OS. The molecular weight excluding hydrogens is 313 g/mol. The summed E-state index contributed by atoms with van der Waals surface area (Å²) in [7, 11) is 0. The van der Waals surface area contributed by atoms with Gasteiger partial charge in [-0.1, -0.05) is 13.0 Å². The number of carbonyl (C=O) groups is 1. The van der Waals surface area contributed by atoms with Crippen LogP contribution in [0.3, 0.4) is 0 Å². The number of aromatic nitrogens is 2. The van der Waals surface area contributed by atoms with Gasteiger partial charge >= 0.3 is 0 Å². The Kier molecular flexibility index (Phi) is 4.71. The summed E-state index contributed by atoms with van der Waals surface area (Å²) in [6, 6.07) is 4.97. The van der Waals surface area contributed by atoms with Crippen molar-refractivity contribution in [2.75, 3.05) is 19.3 Å². The molecule has 0 bridgehead atoms. The number of thioether (sulfide) groups is 1. The summed E-state index contributed by atoms with van der Waals surface area (Å²) in [5, 5.41) is 0. The van der Waals surface area contributed by atoms with Crippen molar-refractivity contribution < 1.29 is 9.18 Å². The fourth-order valence-corrected chi connectivity index (χ4v) is 3.73. The van der Waals surface area contributed by atoms with Crippen molar-refractivity contribution in [2.24, 2.45) is 5.92 Å². The number of nitrogens with zero attached hydrogens (tertiary/aromatic N) is 3. The second kappa shape index (κ2) is 6.74. The Balaban J connectivity index is 1.86. The van der Waals surface area contributed by atoms with Gasteiger partial charge in [-0.15, -0.1) is 11.8 Å². The normalized spacial score (nSPS) is 21.4. The number of rotatable bonds is 3. The summed E-state index contributed by atoms with van der Waals surface area (Å²) in [5.41, 5.74) is 0.193. The minimum atomic E-state index is -0.445. The summed E-state index contributed by atoms with van der Waals surface area (Å²) in [6.07, 6.45) is 8.21. The topological polar surface area (TPSA) is 38.1 Å². The lowest BCUT2D eigenvalue weighted by atomic mass is 9.93. The fraction of sp³-hybridized carbons (Fsp3) is 0.412. The molecule has 0 unspecified atom stereocenters. The van der Waals surface area contributed by atoms with Crippen molar-refractivity contribution >= 4 is 17.7 Å². The number of likely N-dealkylation sites (tertiary alicyclic amines) is 1. The molecule has 23 heavy (non-hydrogen) atoms. The molecule has 2 atom stereocenters. The molecule has 1 aliphatic rings. The van der Waals surface area contributed by atoms with Crippen LogP contribution in [0, 0.1) is 11.7 Å². The van der Waals surface area contributed by atoms with Gasteiger partial charge in [0.15, 0.2) is 0 Å². The zero-order valence-corrected chi connectivity index (χ0v) is 14.1. The smallest absolute Gasteiger partial charge is 0.258 e. The van der Waals surface area contributed by atoms with Crippen LogP contribution in [0.4, 0.5) is 4.39 Å². The van der Waals surface area contributed by atoms with E-state index in [-0.39, 0.29) is 17.5 Å². The average Bonchev–Trinajstić information content (AvgIpc) is 3.08. The lowest BCUT2D eigenvalue weighted by Gasteiger charge is -2.38. The van der Waals surface area contributed by atoms with Crippen molar-refractivity contribution in [1.29, 1.82) is 0 Å². The van der Waals surface area contributed by atoms with Crippen molar-refractivity contribution in [1.82, 2.24) is 14.5 Å². The molecule has 0 spiro atoms. The minimum Gasteiger partial charge on any atom is -0.336 e. The highest BCUT2D eigenvalue weighted by atomic mass is 32.2. The van der Waals surface area contributed by atoms with E-state index < -0.39 is 5.82 Å². The van der Waals surface area contributed by atoms with E-state index in [2.05, 4.69) is 11.9 Å². The number of carbonyl (C=O) groups excluding carboxylic acids is 1. The van der Waals surface area contributed by atoms with Crippen molar-refractivity contribution in [3.8, 4) is 0 Å². The summed E-state index contributed by atoms with van der Waals surface area (Å²) < 4.78 is 16.3. The Bertz CT molecular complexity index is 689. The number of imidazole rings is 1. The van der Waals surface area contributed by atoms with Gasteiger partial charge in [0.1, 0.15) is 5.82 Å². The number of hydrogen-bond donors (Lipinski definition) is 0. The summed E-state index contributed by atoms with van der Waals surface area (Å²) in [6.45, 7) is 3.43. The number of piperidine rings is 1. The third-order valence-electron chi connectivity index (χ3n) is 4.52. The molecule has 2 heterocycles. The molecule has 1 fully saturated rings. The summed E-state index contributed by atoms with van der Waals surface area (Å²) >= 11 is 1.40. The van der Waals surface area contributed by atoms with Gasteiger partial charge < -0.3 is 9.47 Å². The molecule has 1 aromatic heterocycles. The maximum atomic E-state index is 14.2. The minimum absolute atomic E-state index is 0.180. The molecule has 0 radical (unpaired) electrons. The van der Waals surface area contributed by atoms with Crippen LogP contribution in [0.1, 0.15) is 29.7 Å². The second-order valence-electron chi connectivity index (χ2n) is 5.91. The Morgan fingerprint density at radius 2 is 2.26 bits per heavy atom. The van der Waals surface area contributed by atoms with Gasteiger partial charge in [-0.05, 0) is 30.7 Å². The van der Waals surface area contributed by atoms with Gasteiger partial charge in [0.05, 0.1) is 17.9 Å². The van der Waals surface area contributed by atoms with E-state index in [1.165, 1.54) is 17.8 Å². The van der Waals surface area contributed by atoms with Crippen LogP contribution < -0.4 is 0 Å². The highest BCUT2D eigenvalue weighted by Gasteiger charge is 2.32. The molecule has 122 valence electrons. The van der Waals surface area contributed by atoms with Crippen LogP contribution in [-0.4, -0.2) is 39.7 Å². The summed E-state index contributed by atoms with van der Waals surface area (Å²) in [5.74, 6) is -0.210. The molecule has 0 N–H and O–H groups in total. The molecule has 4 nitrogen and oxygen atoms in total. The van der Waals surface area contributed by atoms with Crippen molar-refractivity contribution in [3.05, 3.63) is 48.3 Å². The van der Waals surface area contributed by atoms with E-state index in [9.17, 15) is 9.18 Å². The maximum absolute atomic E-state index is 14.2. The monoisotopic (exact) mass is 333 g/mol. The van der Waals surface area contributed by atoms with E-state index >= 15 is 0 Å². The third kappa shape index (κ3) is 3.13. The number of hydrogen-bond acceptors (Lipinski definition) is 3. The molecule has 1 aromatic carbocycles.